The average Bonchev–Trinajstić information content (AvgIpc) is 2.95. The van der Waals surface area contributed by atoms with Crippen molar-refractivity contribution < 1.29 is 9.21 Å². The van der Waals surface area contributed by atoms with Crippen LogP contribution >= 0.6 is 0 Å². The molecule has 3 unspecified atom stereocenters. The molecular weight excluding hydrogens is 214 g/mol. The van der Waals surface area contributed by atoms with Crippen molar-refractivity contribution in [1.29, 1.82) is 0 Å². The number of hydrogen-bond donors (Lipinski definition) is 1. The van der Waals surface area contributed by atoms with E-state index in [0.717, 1.165) is 17.4 Å². The summed E-state index contributed by atoms with van der Waals surface area (Å²) < 4.78 is 5.39. The van der Waals surface area contributed by atoms with Gasteiger partial charge in [-0.3, -0.25) is 4.79 Å². The average molecular weight is 229 g/mol. The smallest absolute Gasteiger partial charge is 0.220 e. The maximum Gasteiger partial charge on any atom is 0.220 e. The van der Waals surface area contributed by atoms with Crippen LogP contribution in [-0.4, -0.2) is 5.91 Å². The van der Waals surface area contributed by atoms with Crippen molar-refractivity contribution in [2.24, 2.45) is 17.6 Å². The molecular formula is C14H15NO2. The molecule has 0 aliphatic heterocycles. The van der Waals surface area contributed by atoms with E-state index in [4.69, 9.17) is 10.2 Å². The Kier molecular flexibility index (Phi) is 2.21. The van der Waals surface area contributed by atoms with Crippen LogP contribution in [0.3, 0.4) is 0 Å². The zero-order chi connectivity index (χ0) is 12.0. The molecule has 0 radical (unpaired) electrons. The summed E-state index contributed by atoms with van der Waals surface area (Å²) in [5, 5.41) is 1.16. The summed E-state index contributed by atoms with van der Waals surface area (Å²) in [5.74, 6) is 0.617. The van der Waals surface area contributed by atoms with Crippen molar-refractivity contribution in [2.45, 2.75) is 19.3 Å². The number of carbonyl (C=O) groups is 1. The number of primary amides is 1. The molecule has 0 bridgehead atoms. The number of rotatable bonds is 3. The maximum atomic E-state index is 11.2. The first-order valence-corrected chi connectivity index (χ1v) is 5.94. The van der Waals surface area contributed by atoms with Crippen molar-refractivity contribution in [3.63, 3.8) is 0 Å². The van der Waals surface area contributed by atoms with Crippen LogP contribution in [0.2, 0.25) is 0 Å². The molecule has 1 aromatic heterocycles. The van der Waals surface area contributed by atoms with Gasteiger partial charge in [0.05, 0.1) is 6.26 Å². The van der Waals surface area contributed by atoms with Crippen LogP contribution in [0.4, 0.5) is 0 Å². The van der Waals surface area contributed by atoms with Gasteiger partial charge in [-0.25, -0.2) is 0 Å². The van der Waals surface area contributed by atoms with Crippen LogP contribution in [0.1, 0.15) is 24.8 Å². The molecule has 17 heavy (non-hydrogen) atoms. The van der Waals surface area contributed by atoms with E-state index in [9.17, 15) is 4.79 Å². The molecule has 88 valence electrons. The molecule has 3 nitrogen and oxygen atoms in total. The van der Waals surface area contributed by atoms with Crippen molar-refractivity contribution in [2.75, 3.05) is 0 Å². The van der Waals surface area contributed by atoms with Crippen LogP contribution < -0.4 is 5.73 Å². The van der Waals surface area contributed by atoms with Gasteiger partial charge in [0.1, 0.15) is 5.58 Å². The molecule has 3 rings (SSSR count). The molecule has 2 N–H and O–H groups in total. The van der Waals surface area contributed by atoms with E-state index in [0.29, 0.717) is 11.8 Å². The Morgan fingerprint density at radius 2 is 2.29 bits per heavy atom. The lowest BCUT2D eigenvalue weighted by molar-refractivity contribution is -0.121. The third-order valence-electron chi connectivity index (χ3n) is 3.86. The summed E-state index contributed by atoms with van der Waals surface area (Å²) in [5.41, 5.74) is 7.56. The minimum atomic E-state index is -0.197. The first-order valence-electron chi connectivity index (χ1n) is 5.94. The Labute approximate surface area is 99.6 Å². The quantitative estimate of drug-likeness (QED) is 0.879. The number of amides is 1. The monoisotopic (exact) mass is 229 g/mol. The summed E-state index contributed by atoms with van der Waals surface area (Å²) in [6.07, 6.45) is 2.76. The third kappa shape index (κ3) is 1.62. The number of hydrogen-bond acceptors (Lipinski definition) is 2. The molecule has 0 saturated heterocycles. The van der Waals surface area contributed by atoms with Gasteiger partial charge in [0, 0.05) is 11.3 Å². The van der Waals surface area contributed by atoms with Gasteiger partial charge in [0.15, 0.2) is 0 Å². The van der Waals surface area contributed by atoms with E-state index in [1.165, 1.54) is 5.56 Å². The molecule has 1 heterocycles. The summed E-state index contributed by atoms with van der Waals surface area (Å²) in [6, 6.07) is 8.09. The van der Waals surface area contributed by atoms with Crippen molar-refractivity contribution >= 4 is 16.9 Å². The molecule has 3 heteroatoms. The van der Waals surface area contributed by atoms with E-state index in [-0.39, 0.29) is 11.8 Å². The number of benzene rings is 1. The maximum absolute atomic E-state index is 11.2. The fourth-order valence-corrected chi connectivity index (χ4v) is 2.68. The van der Waals surface area contributed by atoms with E-state index < -0.39 is 0 Å². The summed E-state index contributed by atoms with van der Waals surface area (Å²) >= 11 is 0. The Morgan fingerprint density at radius 3 is 3.06 bits per heavy atom. The topological polar surface area (TPSA) is 56.2 Å². The Bertz CT molecular complexity index is 572. The standard InChI is InChI=1S/C14H15NO2/c1-8(14(15)16)11-7-12(11)9-3-2-4-13-10(9)5-6-17-13/h2-6,8,11-12H,7H2,1H3,(H2,15,16). The normalized spacial score (nSPS) is 24.8. The predicted molar refractivity (Wildman–Crippen MR) is 65.4 cm³/mol. The second-order valence-electron chi connectivity index (χ2n) is 4.88. The first-order chi connectivity index (χ1) is 8.18. The van der Waals surface area contributed by atoms with E-state index in [1.54, 1.807) is 6.26 Å². The molecule has 1 fully saturated rings. The second kappa shape index (κ2) is 3.62. The van der Waals surface area contributed by atoms with Crippen molar-refractivity contribution in [3.8, 4) is 0 Å². The van der Waals surface area contributed by atoms with Gasteiger partial charge in [-0.15, -0.1) is 0 Å². The fourth-order valence-electron chi connectivity index (χ4n) is 2.68. The highest BCUT2D eigenvalue weighted by Crippen LogP contribution is 2.53. The number of carbonyl (C=O) groups excluding carboxylic acids is 1. The number of fused-ring (bicyclic) bond motifs is 1. The largest absolute Gasteiger partial charge is 0.464 e. The summed E-state index contributed by atoms with van der Waals surface area (Å²) in [7, 11) is 0. The van der Waals surface area contributed by atoms with Crippen LogP contribution in [-0.2, 0) is 4.79 Å². The molecule has 1 saturated carbocycles. The highest BCUT2D eigenvalue weighted by molar-refractivity contribution is 5.82. The van der Waals surface area contributed by atoms with Gasteiger partial charge in [0.25, 0.3) is 0 Å². The molecule has 1 aliphatic carbocycles. The Hall–Kier alpha value is -1.77. The van der Waals surface area contributed by atoms with Gasteiger partial charge in [-0.1, -0.05) is 19.1 Å². The van der Waals surface area contributed by atoms with Gasteiger partial charge >= 0.3 is 0 Å². The molecule has 1 amide bonds. The van der Waals surface area contributed by atoms with Crippen LogP contribution in [0.5, 0.6) is 0 Å². The van der Waals surface area contributed by atoms with Gasteiger partial charge in [-0.2, -0.15) is 0 Å². The fraction of sp³-hybridized carbons (Fsp3) is 0.357. The number of furan rings is 1. The highest BCUT2D eigenvalue weighted by atomic mass is 16.3. The Balaban J connectivity index is 1.92. The minimum absolute atomic E-state index is 0.0397. The highest BCUT2D eigenvalue weighted by Gasteiger charge is 2.44. The van der Waals surface area contributed by atoms with Crippen molar-refractivity contribution in [1.82, 2.24) is 0 Å². The predicted octanol–water partition coefficient (Wildman–Crippen LogP) is 2.66. The van der Waals surface area contributed by atoms with Crippen LogP contribution in [0.15, 0.2) is 34.9 Å². The van der Waals surface area contributed by atoms with Gasteiger partial charge < -0.3 is 10.2 Å². The first kappa shape index (κ1) is 10.4. The molecule has 3 atom stereocenters. The van der Waals surface area contributed by atoms with Gasteiger partial charge in [0.2, 0.25) is 5.91 Å². The third-order valence-corrected chi connectivity index (χ3v) is 3.86. The van der Waals surface area contributed by atoms with Crippen LogP contribution in [0.25, 0.3) is 11.0 Å². The Morgan fingerprint density at radius 1 is 1.47 bits per heavy atom. The zero-order valence-corrected chi connectivity index (χ0v) is 9.72. The summed E-state index contributed by atoms with van der Waals surface area (Å²) in [4.78, 5) is 11.2. The minimum Gasteiger partial charge on any atom is -0.464 e. The zero-order valence-electron chi connectivity index (χ0n) is 9.72. The van der Waals surface area contributed by atoms with E-state index in [1.807, 2.05) is 25.1 Å². The molecule has 1 aromatic carbocycles. The lowest BCUT2D eigenvalue weighted by Crippen LogP contribution is -2.22. The van der Waals surface area contributed by atoms with E-state index >= 15 is 0 Å². The van der Waals surface area contributed by atoms with E-state index in [2.05, 4.69) is 6.07 Å². The SMILES string of the molecule is CC(C(N)=O)C1CC1c1cccc2occc12. The molecule has 1 aliphatic rings. The number of nitrogens with two attached hydrogens (primary N) is 1. The van der Waals surface area contributed by atoms with Gasteiger partial charge in [-0.05, 0) is 36.0 Å². The molecule has 0 spiro atoms. The summed E-state index contributed by atoms with van der Waals surface area (Å²) in [6.45, 7) is 1.92. The lowest BCUT2D eigenvalue weighted by Gasteiger charge is -2.06. The molecule has 2 aromatic rings. The van der Waals surface area contributed by atoms with Crippen LogP contribution in [0, 0.1) is 11.8 Å². The second-order valence-corrected chi connectivity index (χ2v) is 4.88. The van der Waals surface area contributed by atoms with Crippen molar-refractivity contribution in [3.05, 3.63) is 36.1 Å². The lowest BCUT2D eigenvalue weighted by atomic mass is 9.98.